The topological polar surface area (TPSA) is 47.6 Å². The lowest BCUT2D eigenvalue weighted by Gasteiger charge is -2.38. The van der Waals surface area contributed by atoms with E-state index in [1.165, 1.54) is 30.6 Å². The van der Waals surface area contributed by atoms with E-state index in [2.05, 4.69) is 5.32 Å². The summed E-state index contributed by atoms with van der Waals surface area (Å²) in [6, 6.07) is 8.16. The van der Waals surface area contributed by atoms with E-state index in [4.69, 9.17) is 9.47 Å². The fourth-order valence-corrected chi connectivity index (χ4v) is 3.64. The number of methoxy groups -OCH3 is 1. The molecule has 4 nitrogen and oxygen atoms in total. The molecule has 1 aliphatic rings. The first kappa shape index (κ1) is 16.0. The van der Waals surface area contributed by atoms with Crippen LogP contribution in [0.25, 0.3) is 0 Å². The lowest BCUT2D eigenvalue weighted by atomic mass is 9.82. The van der Waals surface area contributed by atoms with Crippen molar-refractivity contribution in [1.29, 1.82) is 0 Å². The van der Waals surface area contributed by atoms with Gasteiger partial charge in [-0.15, -0.1) is 11.3 Å². The van der Waals surface area contributed by atoms with E-state index in [1.54, 1.807) is 12.1 Å². The Labute approximate surface area is 138 Å². The lowest BCUT2D eigenvalue weighted by Crippen LogP contribution is -2.49. The first-order valence-electron chi connectivity index (χ1n) is 7.42. The fourth-order valence-electron chi connectivity index (χ4n) is 2.89. The molecule has 3 rings (SSSR count). The number of carbonyl (C=O) groups is 1. The minimum absolute atomic E-state index is 0.206. The number of carbonyl (C=O) groups excluding carboxylic acids is 1. The highest BCUT2D eigenvalue weighted by molar-refractivity contribution is 7.12. The van der Waals surface area contributed by atoms with E-state index in [-0.39, 0.29) is 11.7 Å². The summed E-state index contributed by atoms with van der Waals surface area (Å²) in [4.78, 5) is 13.2. The third kappa shape index (κ3) is 3.23. The maximum atomic E-state index is 13.7. The largest absolute Gasteiger partial charge is 0.495 e. The minimum atomic E-state index is -0.619. The van der Waals surface area contributed by atoms with Crippen molar-refractivity contribution in [3.8, 4) is 5.75 Å². The van der Waals surface area contributed by atoms with Gasteiger partial charge in [0.25, 0.3) is 5.91 Å². The predicted octanol–water partition coefficient (Wildman–Crippen LogP) is 3.33. The van der Waals surface area contributed by atoms with Crippen molar-refractivity contribution in [2.45, 2.75) is 18.4 Å². The van der Waals surface area contributed by atoms with E-state index in [0.717, 1.165) is 5.56 Å². The van der Waals surface area contributed by atoms with Gasteiger partial charge in [-0.25, -0.2) is 4.39 Å². The maximum absolute atomic E-state index is 13.7. The smallest absolute Gasteiger partial charge is 0.265 e. The van der Waals surface area contributed by atoms with E-state index in [9.17, 15) is 9.18 Å². The van der Waals surface area contributed by atoms with Gasteiger partial charge in [0.2, 0.25) is 0 Å². The molecule has 1 aromatic heterocycles. The van der Waals surface area contributed by atoms with E-state index in [1.807, 2.05) is 11.4 Å². The second-order valence-corrected chi connectivity index (χ2v) is 6.39. The molecule has 2 aromatic rings. The molecule has 2 heterocycles. The number of rotatable bonds is 4. The maximum Gasteiger partial charge on any atom is 0.265 e. The number of hydrogen-bond acceptors (Lipinski definition) is 4. The summed E-state index contributed by atoms with van der Waals surface area (Å²) in [6.45, 7) is 1.05. The summed E-state index contributed by atoms with van der Waals surface area (Å²) in [5.74, 6) is 0.0354. The van der Waals surface area contributed by atoms with E-state index in [0.29, 0.717) is 36.7 Å². The van der Waals surface area contributed by atoms with Crippen LogP contribution in [0.15, 0.2) is 35.7 Å². The van der Waals surface area contributed by atoms with Crippen LogP contribution in [0.3, 0.4) is 0 Å². The third-order valence-corrected chi connectivity index (χ3v) is 5.03. The number of amides is 1. The average molecular weight is 335 g/mol. The Morgan fingerprint density at radius 3 is 2.83 bits per heavy atom. The first-order chi connectivity index (χ1) is 11.1. The van der Waals surface area contributed by atoms with Gasteiger partial charge in [0.05, 0.1) is 12.6 Å². The van der Waals surface area contributed by atoms with Crippen molar-refractivity contribution in [2.75, 3.05) is 20.3 Å². The monoisotopic (exact) mass is 335 g/mol. The molecule has 1 saturated heterocycles. The van der Waals surface area contributed by atoms with Gasteiger partial charge in [-0.3, -0.25) is 4.79 Å². The van der Waals surface area contributed by atoms with Crippen LogP contribution in [-0.2, 0) is 10.3 Å². The standard InChI is InChI=1S/C17H18FNO3S/c1-21-14-5-10-23-15(14)16(20)19-17(6-8-22-9-7-17)12-3-2-4-13(18)11-12/h2-5,10-11H,6-9H2,1H3,(H,19,20). The van der Waals surface area contributed by atoms with Crippen LogP contribution in [0.2, 0.25) is 0 Å². The Morgan fingerprint density at radius 1 is 1.35 bits per heavy atom. The Bertz CT molecular complexity index is 695. The molecule has 1 aliphatic heterocycles. The van der Waals surface area contributed by atoms with Gasteiger partial charge in [-0.1, -0.05) is 12.1 Å². The van der Waals surface area contributed by atoms with Crippen LogP contribution in [0, 0.1) is 5.82 Å². The summed E-state index contributed by atoms with van der Waals surface area (Å²) >= 11 is 1.33. The molecular formula is C17H18FNO3S. The van der Waals surface area contributed by atoms with Crippen LogP contribution in [0.5, 0.6) is 5.75 Å². The molecule has 0 atom stereocenters. The van der Waals surface area contributed by atoms with Crippen molar-refractivity contribution in [3.63, 3.8) is 0 Å². The summed E-state index contributed by atoms with van der Waals surface area (Å²) in [7, 11) is 1.54. The van der Waals surface area contributed by atoms with Crippen LogP contribution in [-0.4, -0.2) is 26.2 Å². The molecule has 23 heavy (non-hydrogen) atoms. The van der Waals surface area contributed by atoms with Gasteiger partial charge in [-0.05, 0) is 42.0 Å². The predicted molar refractivity (Wildman–Crippen MR) is 86.5 cm³/mol. The Hall–Kier alpha value is -1.92. The zero-order valence-corrected chi connectivity index (χ0v) is 13.6. The van der Waals surface area contributed by atoms with Gasteiger partial charge in [0.15, 0.2) is 0 Å². The molecule has 0 spiro atoms. The molecule has 0 bridgehead atoms. The summed E-state index contributed by atoms with van der Waals surface area (Å²) < 4.78 is 24.3. The van der Waals surface area contributed by atoms with Crippen LogP contribution in [0.1, 0.15) is 28.1 Å². The molecule has 1 amide bonds. The van der Waals surface area contributed by atoms with Crippen LogP contribution in [0.4, 0.5) is 4.39 Å². The Kier molecular flexibility index (Phi) is 4.63. The van der Waals surface area contributed by atoms with Crippen LogP contribution >= 0.6 is 11.3 Å². The number of thiophene rings is 1. The summed E-state index contributed by atoms with van der Waals surface area (Å²) in [5, 5.41) is 4.91. The normalized spacial score (nSPS) is 16.8. The van der Waals surface area contributed by atoms with Gasteiger partial charge < -0.3 is 14.8 Å². The minimum Gasteiger partial charge on any atom is -0.495 e. The molecule has 1 fully saturated rings. The van der Waals surface area contributed by atoms with Crippen molar-refractivity contribution in [2.24, 2.45) is 0 Å². The molecule has 0 radical (unpaired) electrons. The van der Waals surface area contributed by atoms with Crippen LogP contribution < -0.4 is 10.1 Å². The molecule has 0 unspecified atom stereocenters. The zero-order valence-electron chi connectivity index (χ0n) is 12.8. The molecule has 0 aliphatic carbocycles. The summed E-state index contributed by atoms with van der Waals surface area (Å²) in [6.07, 6.45) is 1.21. The molecule has 1 aromatic carbocycles. The van der Waals surface area contributed by atoms with Crippen molar-refractivity contribution in [3.05, 3.63) is 52.0 Å². The first-order valence-corrected chi connectivity index (χ1v) is 8.30. The van der Waals surface area contributed by atoms with Gasteiger partial charge in [-0.2, -0.15) is 0 Å². The quantitative estimate of drug-likeness (QED) is 0.932. The highest BCUT2D eigenvalue weighted by Gasteiger charge is 2.37. The van der Waals surface area contributed by atoms with Crippen molar-refractivity contribution < 1.29 is 18.7 Å². The molecule has 122 valence electrons. The molecule has 0 saturated carbocycles. The third-order valence-electron chi connectivity index (χ3n) is 4.13. The lowest BCUT2D eigenvalue weighted by molar-refractivity contribution is 0.0345. The number of benzene rings is 1. The van der Waals surface area contributed by atoms with E-state index < -0.39 is 5.54 Å². The average Bonchev–Trinajstić information content (AvgIpc) is 3.04. The zero-order chi connectivity index (χ0) is 16.3. The van der Waals surface area contributed by atoms with E-state index >= 15 is 0 Å². The van der Waals surface area contributed by atoms with Crippen molar-refractivity contribution >= 4 is 17.2 Å². The summed E-state index contributed by atoms with van der Waals surface area (Å²) in [5.41, 5.74) is 0.150. The molecule has 1 N–H and O–H groups in total. The van der Waals surface area contributed by atoms with Gasteiger partial charge in [0, 0.05) is 13.2 Å². The molecule has 6 heteroatoms. The molecular weight excluding hydrogens is 317 g/mol. The SMILES string of the molecule is COc1ccsc1C(=O)NC1(c2cccc(F)c2)CCOCC1. The highest BCUT2D eigenvalue weighted by Crippen LogP contribution is 2.34. The van der Waals surface area contributed by atoms with Gasteiger partial charge >= 0.3 is 0 Å². The number of halogens is 1. The highest BCUT2D eigenvalue weighted by atomic mass is 32.1. The number of hydrogen-bond donors (Lipinski definition) is 1. The Morgan fingerprint density at radius 2 is 2.13 bits per heavy atom. The fraction of sp³-hybridized carbons (Fsp3) is 0.353. The Balaban J connectivity index is 1.92. The second-order valence-electron chi connectivity index (χ2n) is 5.48. The van der Waals surface area contributed by atoms with Crippen molar-refractivity contribution in [1.82, 2.24) is 5.32 Å². The van der Waals surface area contributed by atoms with Gasteiger partial charge in [0.1, 0.15) is 16.4 Å². The number of nitrogens with one attached hydrogen (secondary N) is 1. The number of ether oxygens (including phenoxy) is 2. The second kappa shape index (κ2) is 6.68.